The summed E-state index contributed by atoms with van der Waals surface area (Å²) in [6.07, 6.45) is 0.905. The third kappa shape index (κ3) is 2.08. The van der Waals surface area contributed by atoms with Crippen molar-refractivity contribution in [2.75, 3.05) is 13.3 Å². The van der Waals surface area contributed by atoms with Crippen LogP contribution in [0, 0.1) is 18.3 Å². The lowest BCUT2D eigenvalue weighted by atomic mass is 10.1. The number of alkyl halides is 2. The number of rotatable bonds is 2. The molecule has 0 aliphatic carbocycles. The predicted octanol–water partition coefficient (Wildman–Crippen LogP) is 1.74. The van der Waals surface area contributed by atoms with Gasteiger partial charge in [-0.3, -0.25) is 9.09 Å². The molecule has 74 valence electrons. The van der Waals surface area contributed by atoms with E-state index in [1.165, 1.54) is 0 Å². The van der Waals surface area contributed by atoms with Crippen molar-refractivity contribution >= 4 is 7.60 Å². The summed E-state index contributed by atoms with van der Waals surface area (Å²) in [5.74, 6) is 0.846. The van der Waals surface area contributed by atoms with Gasteiger partial charge in [0, 0.05) is 7.11 Å². The largest absolute Gasteiger partial charge is 0.332 e. The van der Waals surface area contributed by atoms with E-state index in [2.05, 4.69) is 4.52 Å². The molecule has 1 rings (SSSR count). The zero-order chi connectivity index (χ0) is 10.1. The van der Waals surface area contributed by atoms with Crippen LogP contribution in [0.15, 0.2) is 0 Å². The Balaban J connectivity index is 2.80. The van der Waals surface area contributed by atoms with Crippen LogP contribution >= 0.6 is 7.60 Å². The molecule has 0 aromatic carbocycles. The summed E-state index contributed by atoms with van der Waals surface area (Å²) in [5.41, 5.74) is 0. The summed E-state index contributed by atoms with van der Waals surface area (Å²) >= 11 is 0. The van der Waals surface area contributed by atoms with E-state index in [0.29, 0.717) is 0 Å². The molecular weight excluding hydrogens is 201 g/mol. The van der Waals surface area contributed by atoms with Crippen LogP contribution < -0.4 is 0 Å². The Morgan fingerprint density at radius 1 is 1.77 bits per heavy atom. The van der Waals surface area contributed by atoms with Crippen LogP contribution in [-0.2, 0) is 13.6 Å². The highest BCUT2D eigenvalue weighted by Crippen LogP contribution is 2.57. The van der Waals surface area contributed by atoms with Crippen molar-refractivity contribution in [2.24, 2.45) is 5.92 Å². The van der Waals surface area contributed by atoms with Gasteiger partial charge >= 0.3 is 7.60 Å². The van der Waals surface area contributed by atoms with Crippen molar-refractivity contribution < 1.29 is 22.4 Å². The molecule has 3 atom stereocenters. The maximum Gasteiger partial charge on any atom is 0.332 e. The quantitative estimate of drug-likeness (QED) is 0.514. The third-order valence-electron chi connectivity index (χ3n) is 1.86. The predicted molar refractivity (Wildman–Crippen MR) is 42.7 cm³/mol. The molecule has 6 heteroatoms. The molecule has 0 spiro atoms. The Bertz CT molecular complexity index is 273. The molecule has 1 aliphatic heterocycles. The molecule has 1 aliphatic rings. The van der Waals surface area contributed by atoms with Gasteiger partial charge in [-0.1, -0.05) is 5.92 Å². The first-order valence-corrected chi connectivity index (χ1v) is 5.32. The summed E-state index contributed by atoms with van der Waals surface area (Å²) in [4.78, 5) is 0. The molecule has 1 fully saturated rings. The van der Waals surface area contributed by atoms with Crippen LogP contribution in [0.5, 0.6) is 0 Å². The molecule has 0 aromatic rings. The van der Waals surface area contributed by atoms with Crippen LogP contribution in [-0.4, -0.2) is 25.8 Å². The van der Waals surface area contributed by atoms with Crippen LogP contribution in [0.3, 0.4) is 0 Å². The van der Waals surface area contributed by atoms with E-state index in [1.807, 2.05) is 5.92 Å². The van der Waals surface area contributed by atoms with E-state index >= 15 is 0 Å². The van der Waals surface area contributed by atoms with Crippen molar-refractivity contribution in [3.63, 3.8) is 0 Å². The van der Waals surface area contributed by atoms with E-state index in [4.69, 9.17) is 10.9 Å². The van der Waals surface area contributed by atoms with Gasteiger partial charge in [0.05, 0.1) is 12.1 Å². The van der Waals surface area contributed by atoms with E-state index in [9.17, 15) is 13.3 Å². The van der Waals surface area contributed by atoms with Crippen LogP contribution in [0.25, 0.3) is 0 Å². The lowest BCUT2D eigenvalue weighted by molar-refractivity contribution is 0.0548. The standard InChI is InChI=1S/C7H9F2O3P/c1-3-6-5(7(8)9)4-13(10,11-2)12-6/h1,5-7H,4H2,2H3. The number of hydrogen-bond donors (Lipinski definition) is 0. The van der Waals surface area contributed by atoms with Crippen molar-refractivity contribution in [2.45, 2.75) is 12.5 Å². The van der Waals surface area contributed by atoms with Crippen molar-refractivity contribution in [3.05, 3.63) is 0 Å². The second kappa shape index (κ2) is 3.75. The van der Waals surface area contributed by atoms with Gasteiger partial charge in [0.15, 0.2) is 0 Å². The zero-order valence-corrected chi connectivity index (χ0v) is 7.84. The smallest absolute Gasteiger partial charge is 0.312 e. The van der Waals surface area contributed by atoms with E-state index < -0.39 is 26.0 Å². The van der Waals surface area contributed by atoms with Gasteiger partial charge in [-0.2, -0.15) is 0 Å². The topological polar surface area (TPSA) is 35.5 Å². The Hall–Kier alpha value is -0.430. The fourth-order valence-electron chi connectivity index (χ4n) is 1.13. The average Bonchev–Trinajstić information content (AvgIpc) is 2.44. The highest BCUT2D eigenvalue weighted by Gasteiger charge is 2.47. The molecule has 0 bridgehead atoms. The highest BCUT2D eigenvalue weighted by molar-refractivity contribution is 7.54. The maximum atomic E-state index is 12.3. The molecule has 0 aromatic heterocycles. The number of halogens is 2. The molecular formula is C7H9F2O3P. The van der Waals surface area contributed by atoms with E-state index in [0.717, 1.165) is 7.11 Å². The molecule has 0 saturated carbocycles. The maximum absolute atomic E-state index is 12.3. The van der Waals surface area contributed by atoms with Gasteiger partial charge in [0.1, 0.15) is 6.10 Å². The molecule has 0 N–H and O–H groups in total. The average molecular weight is 210 g/mol. The Labute approximate surface area is 74.9 Å². The van der Waals surface area contributed by atoms with Crippen LogP contribution in [0.1, 0.15) is 0 Å². The second-order valence-electron chi connectivity index (χ2n) is 2.67. The van der Waals surface area contributed by atoms with Crippen molar-refractivity contribution in [3.8, 4) is 12.3 Å². The molecule has 1 heterocycles. The first-order valence-electron chi connectivity index (χ1n) is 3.60. The van der Waals surface area contributed by atoms with Crippen molar-refractivity contribution in [1.29, 1.82) is 0 Å². The molecule has 0 radical (unpaired) electrons. The Kier molecular flexibility index (Phi) is 3.07. The van der Waals surface area contributed by atoms with Crippen LogP contribution in [0.4, 0.5) is 8.78 Å². The zero-order valence-electron chi connectivity index (χ0n) is 6.94. The van der Waals surface area contributed by atoms with Gasteiger partial charge in [-0.15, -0.1) is 6.42 Å². The summed E-state index contributed by atoms with van der Waals surface area (Å²) in [5, 5.41) is 0. The number of hydrogen-bond acceptors (Lipinski definition) is 3. The minimum absolute atomic E-state index is 0.309. The van der Waals surface area contributed by atoms with E-state index in [-0.39, 0.29) is 6.16 Å². The van der Waals surface area contributed by atoms with Gasteiger partial charge in [-0.05, 0) is 0 Å². The van der Waals surface area contributed by atoms with Gasteiger partial charge in [0.2, 0.25) is 6.43 Å². The normalized spacial score (nSPS) is 39.3. The SMILES string of the molecule is C#CC1OP(=O)(OC)CC1C(F)F. The molecule has 0 amide bonds. The fourth-order valence-corrected chi connectivity index (χ4v) is 2.88. The Morgan fingerprint density at radius 3 is 2.69 bits per heavy atom. The Morgan fingerprint density at radius 2 is 2.38 bits per heavy atom. The molecule has 3 unspecified atom stereocenters. The van der Waals surface area contributed by atoms with Gasteiger partial charge in [-0.25, -0.2) is 8.78 Å². The number of terminal acetylenes is 1. The van der Waals surface area contributed by atoms with Crippen LogP contribution in [0.2, 0.25) is 0 Å². The first kappa shape index (κ1) is 10.6. The highest BCUT2D eigenvalue weighted by atomic mass is 31.2. The van der Waals surface area contributed by atoms with Crippen molar-refractivity contribution in [1.82, 2.24) is 0 Å². The molecule has 1 saturated heterocycles. The molecule has 13 heavy (non-hydrogen) atoms. The first-order chi connectivity index (χ1) is 6.02. The minimum Gasteiger partial charge on any atom is -0.312 e. The van der Waals surface area contributed by atoms with Gasteiger partial charge in [0.25, 0.3) is 0 Å². The third-order valence-corrected chi connectivity index (χ3v) is 3.84. The summed E-state index contributed by atoms with van der Waals surface area (Å²) in [6.45, 7) is 0. The lowest BCUT2D eigenvalue weighted by Gasteiger charge is -2.09. The second-order valence-corrected chi connectivity index (χ2v) is 4.83. The summed E-state index contributed by atoms with van der Waals surface area (Å²) in [7, 11) is -2.20. The fraction of sp³-hybridized carbons (Fsp3) is 0.714. The monoisotopic (exact) mass is 210 g/mol. The molecule has 3 nitrogen and oxygen atoms in total. The summed E-state index contributed by atoms with van der Waals surface area (Å²) in [6, 6.07) is 0. The van der Waals surface area contributed by atoms with E-state index in [1.54, 1.807) is 0 Å². The lowest BCUT2D eigenvalue weighted by Crippen LogP contribution is -2.22. The minimum atomic E-state index is -3.36. The summed E-state index contributed by atoms with van der Waals surface area (Å²) < 4.78 is 45.3. The van der Waals surface area contributed by atoms with Gasteiger partial charge < -0.3 is 4.52 Å².